The largest absolute Gasteiger partial charge is 0.355 e. The maximum atomic E-state index is 13.5. The molecule has 0 unspecified atom stereocenters. The summed E-state index contributed by atoms with van der Waals surface area (Å²) >= 11 is 0. The van der Waals surface area contributed by atoms with Gasteiger partial charge in [0.05, 0.1) is 11.8 Å². The van der Waals surface area contributed by atoms with E-state index in [0.717, 1.165) is 24.0 Å². The molecule has 4 rings (SSSR count). The number of halogens is 1. The molecule has 0 atom stereocenters. The highest BCUT2D eigenvalue weighted by atomic mass is 19.1. The third-order valence-electron chi connectivity index (χ3n) is 6.77. The SMILES string of the molecule is O=C(Cc1ccc(F)cc1)N1CCC(C(=O)NCCCc2ccccc2)(c2ccccc2)CC1. The molecule has 0 bridgehead atoms. The van der Waals surface area contributed by atoms with Gasteiger partial charge in [-0.1, -0.05) is 72.8 Å². The fourth-order valence-corrected chi connectivity index (χ4v) is 4.74. The molecule has 3 aromatic carbocycles. The number of carbonyl (C=O) groups excluding carboxylic acids is 2. The van der Waals surface area contributed by atoms with Crippen LogP contribution in [0.5, 0.6) is 0 Å². The van der Waals surface area contributed by atoms with Crippen molar-refractivity contribution >= 4 is 11.8 Å². The van der Waals surface area contributed by atoms with Gasteiger partial charge in [-0.05, 0) is 54.5 Å². The molecule has 1 aliphatic heterocycles. The Balaban J connectivity index is 1.38. The maximum Gasteiger partial charge on any atom is 0.230 e. The summed E-state index contributed by atoms with van der Waals surface area (Å²) in [6.07, 6.45) is 3.20. The molecule has 2 amide bonds. The van der Waals surface area contributed by atoms with Gasteiger partial charge in [0.25, 0.3) is 0 Å². The summed E-state index contributed by atoms with van der Waals surface area (Å²) in [6.45, 7) is 1.66. The second-order valence-corrected chi connectivity index (χ2v) is 8.98. The van der Waals surface area contributed by atoms with Crippen molar-refractivity contribution in [2.24, 2.45) is 0 Å². The number of likely N-dealkylation sites (tertiary alicyclic amines) is 1. The van der Waals surface area contributed by atoms with Crippen LogP contribution in [0.2, 0.25) is 0 Å². The zero-order valence-electron chi connectivity index (χ0n) is 19.4. The van der Waals surface area contributed by atoms with Gasteiger partial charge in [-0.2, -0.15) is 0 Å². The summed E-state index contributed by atoms with van der Waals surface area (Å²) in [7, 11) is 0. The molecule has 1 aliphatic rings. The molecule has 176 valence electrons. The summed E-state index contributed by atoms with van der Waals surface area (Å²) in [5.74, 6) is -0.259. The van der Waals surface area contributed by atoms with Gasteiger partial charge in [0.15, 0.2) is 0 Å². The van der Waals surface area contributed by atoms with Crippen LogP contribution >= 0.6 is 0 Å². The average molecular weight is 459 g/mol. The van der Waals surface area contributed by atoms with Crippen molar-refractivity contribution in [3.63, 3.8) is 0 Å². The van der Waals surface area contributed by atoms with Gasteiger partial charge < -0.3 is 10.2 Å². The third kappa shape index (κ3) is 5.71. The van der Waals surface area contributed by atoms with Gasteiger partial charge in [-0.15, -0.1) is 0 Å². The lowest BCUT2D eigenvalue weighted by Gasteiger charge is -2.41. The number of rotatable bonds is 8. The van der Waals surface area contributed by atoms with E-state index in [9.17, 15) is 14.0 Å². The maximum absolute atomic E-state index is 13.5. The van der Waals surface area contributed by atoms with Gasteiger partial charge in [-0.25, -0.2) is 4.39 Å². The molecule has 5 heteroatoms. The molecule has 34 heavy (non-hydrogen) atoms. The Morgan fingerprint density at radius 2 is 1.44 bits per heavy atom. The van der Waals surface area contributed by atoms with Gasteiger partial charge in [-0.3, -0.25) is 9.59 Å². The Labute approximate surface area is 200 Å². The second kappa shape index (κ2) is 11.1. The van der Waals surface area contributed by atoms with Crippen molar-refractivity contribution in [2.45, 2.75) is 37.5 Å². The van der Waals surface area contributed by atoms with Crippen molar-refractivity contribution < 1.29 is 14.0 Å². The van der Waals surface area contributed by atoms with Gasteiger partial charge in [0.1, 0.15) is 5.82 Å². The van der Waals surface area contributed by atoms with E-state index in [1.54, 1.807) is 12.1 Å². The van der Waals surface area contributed by atoms with Crippen LogP contribution in [-0.2, 0) is 27.8 Å². The van der Waals surface area contributed by atoms with Crippen molar-refractivity contribution in [3.05, 3.63) is 107 Å². The van der Waals surface area contributed by atoms with Crippen molar-refractivity contribution in [1.29, 1.82) is 0 Å². The number of carbonyl (C=O) groups is 2. The topological polar surface area (TPSA) is 49.4 Å². The van der Waals surface area contributed by atoms with Crippen LogP contribution in [0.4, 0.5) is 4.39 Å². The van der Waals surface area contributed by atoms with E-state index < -0.39 is 5.41 Å². The summed E-state index contributed by atoms with van der Waals surface area (Å²) in [4.78, 5) is 28.2. The molecule has 3 aromatic rings. The lowest BCUT2D eigenvalue weighted by Crippen LogP contribution is -2.53. The molecule has 1 N–H and O–H groups in total. The average Bonchev–Trinajstić information content (AvgIpc) is 2.89. The molecule has 1 saturated heterocycles. The minimum atomic E-state index is -0.638. The van der Waals surface area contributed by atoms with E-state index in [-0.39, 0.29) is 24.1 Å². The first kappa shape index (κ1) is 23.7. The highest BCUT2D eigenvalue weighted by Crippen LogP contribution is 2.36. The summed E-state index contributed by atoms with van der Waals surface area (Å²) in [5, 5.41) is 3.17. The summed E-state index contributed by atoms with van der Waals surface area (Å²) in [6, 6.07) is 26.2. The van der Waals surface area contributed by atoms with Crippen LogP contribution in [0.25, 0.3) is 0 Å². The summed E-state index contributed by atoms with van der Waals surface area (Å²) < 4.78 is 13.2. The van der Waals surface area contributed by atoms with Crippen LogP contribution in [0.3, 0.4) is 0 Å². The summed E-state index contributed by atoms with van der Waals surface area (Å²) in [5.41, 5.74) is 2.42. The first-order valence-corrected chi connectivity index (χ1v) is 12.0. The molecular formula is C29H31FN2O2. The lowest BCUT2D eigenvalue weighted by molar-refractivity contribution is -0.136. The molecule has 1 heterocycles. The Bertz CT molecular complexity index is 1080. The van der Waals surface area contributed by atoms with E-state index in [1.807, 2.05) is 53.4 Å². The van der Waals surface area contributed by atoms with E-state index in [2.05, 4.69) is 17.4 Å². The fraction of sp³-hybridized carbons (Fsp3) is 0.310. The quantitative estimate of drug-likeness (QED) is 0.499. The second-order valence-electron chi connectivity index (χ2n) is 8.98. The Kier molecular flexibility index (Phi) is 7.73. The van der Waals surface area contributed by atoms with E-state index in [0.29, 0.717) is 32.5 Å². The number of nitrogens with one attached hydrogen (secondary N) is 1. The van der Waals surface area contributed by atoms with Gasteiger partial charge in [0.2, 0.25) is 11.8 Å². The van der Waals surface area contributed by atoms with Crippen LogP contribution in [-0.4, -0.2) is 36.3 Å². The number of nitrogens with zero attached hydrogens (tertiary/aromatic N) is 1. The lowest BCUT2D eigenvalue weighted by atomic mass is 9.72. The molecule has 0 radical (unpaired) electrons. The number of aryl methyl sites for hydroxylation is 1. The monoisotopic (exact) mass is 458 g/mol. The first-order valence-electron chi connectivity index (χ1n) is 12.0. The molecule has 1 fully saturated rings. The predicted octanol–water partition coefficient (Wildman–Crippen LogP) is 4.68. The number of amides is 2. The molecular weight excluding hydrogens is 427 g/mol. The highest BCUT2D eigenvalue weighted by molar-refractivity contribution is 5.89. The highest BCUT2D eigenvalue weighted by Gasteiger charge is 2.43. The fourth-order valence-electron chi connectivity index (χ4n) is 4.74. The number of hydrogen-bond acceptors (Lipinski definition) is 2. The molecule has 0 aliphatic carbocycles. The minimum absolute atomic E-state index is 0.0107. The third-order valence-corrected chi connectivity index (χ3v) is 6.77. The first-order chi connectivity index (χ1) is 16.6. The van der Waals surface area contributed by atoms with Crippen LogP contribution in [0, 0.1) is 5.82 Å². The van der Waals surface area contributed by atoms with Crippen molar-refractivity contribution in [1.82, 2.24) is 10.2 Å². The molecule has 0 saturated carbocycles. The van der Waals surface area contributed by atoms with Gasteiger partial charge >= 0.3 is 0 Å². The molecule has 4 nitrogen and oxygen atoms in total. The number of piperidine rings is 1. The molecule has 0 spiro atoms. The minimum Gasteiger partial charge on any atom is -0.355 e. The van der Waals surface area contributed by atoms with E-state index in [1.165, 1.54) is 17.7 Å². The normalized spacial score (nSPS) is 15.0. The van der Waals surface area contributed by atoms with E-state index >= 15 is 0 Å². The van der Waals surface area contributed by atoms with Crippen LogP contribution in [0.15, 0.2) is 84.9 Å². The smallest absolute Gasteiger partial charge is 0.230 e. The van der Waals surface area contributed by atoms with Gasteiger partial charge in [0, 0.05) is 19.6 Å². The predicted molar refractivity (Wildman–Crippen MR) is 132 cm³/mol. The standard InChI is InChI=1S/C29H31FN2O2/c30-26-15-13-24(14-16-26)22-27(33)32-20-17-29(18-21-32,25-11-5-2-6-12-25)28(34)31-19-7-10-23-8-3-1-4-9-23/h1-6,8-9,11-16H,7,10,17-22H2,(H,31,34). The van der Waals surface area contributed by atoms with Crippen LogP contribution < -0.4 is 5.32 Å². The Hall–Kier alpha value is -3.47. The number of benzene rings is 3. The molecule has 0 aromatic heterocycles. The number of hydrogen-bond donors (Lipinski definition) is 1. The van der Waals surface area contributed by atoms with E-state index in [4.69, 9.17) is 0 Å². The zero-order valence-corrected chi connectivity index (χ0v) is 19.4. The zero-order chi connectivity index (χ0) is 23.8. The van der Waals surface area contributed by atoms with Crippen molar-refractivity contribution in [3.8, 4) is 0 Å². The Morgan fingerprint density at radius 3 is 2.09 bits per heavy atom. The Morgan fingerprint density at radius 1 is 0.824 bits per heavy atom. The van der Waals surface area contributed by atoms with Crippen molar-refractivity contribution in [2.75, 3.05) is 19.6 Å². The van der Waals surface area contributed by atoms with Crippen LogP contribution in [0.1, 0.15) is 36.0 Å².